The zero-order valence-corrected chi connectivity index (χ0v) is 9.03. The van der Waals surface area contributed by atoms with Crippen LogP contribution in [-0.2, 0) is 0 Å². The summed E-state index contributed by atoms with van der Waals surface area (Å²) in [6.45, 7) is 3.69. The number of aromatic nitrogens is 1. The molecule has 0 bridgehead atoms. The highest BCUT2D eigenvalue weighted by molar-refractivity contribution is 5.92. The largest absolute Gasteiger partial charge is 0.394 e. The Morgan fingerprint density at radius 1 is 1.60 bits per heavy atom. The van der Waals surface area contributed by atoms with Gasteiger partial charge >= 0.3 is 0 Å². The molecule has 0 spiro atoms. The molecule has 15 heavy (non-hydrogen) atoms. The van der Waals surface area contributed by atoms with E-state index in [0.29, 0.717) is 12.1 Å². The van der Waals surface area contributed by atoms with Crippen LogP contribution in [0.2, 0.25) is 0 Å². The van der Waals surface area contributed by atoms with E-state index in [4.69, 9.17) is 5.11 Å². The maximum Gasteiger partial charge on any atom is 0.270 e. The topological polar surface area (TPSA) is 62.2 Å². The molecule has 1 amide bonds. The predicted octanol–water partition coefficient (Wildman–Crippen LogP) is 0.891. The fourth-order valence-electron chi connectivity index (χ4n) is 1.21. The average molecular weight is 208 g/mol. The lowest BCUT2D eigenvalue weighted by Crippen LogP contribution is -2.37. The summed E-state index contributed by atoms with van der Waals surface area (Å²) < 4.78 is 0. The fraction of sp³-hybridized carbons (Fsp3) is 0.455. The van der Waals surface area contributed by atoms with Gasteiger partial charge in [0, 0.05) is 5.69 Å². The minimum atomic E-state index is -0.236. The first kappa shape index (κ1) is 11.7. The highest BCUT2D eigenvalue weighted by Crippen LogP contribution is 1.99. The molecule has 1 aromatic heterocycles. The Kier molecular flexibility index (Phi) is 4.24. The van der Waals surface area contributed by atoms with Gasteiger partial charge in [-0.2, -0.15) is 0 Å². The zero-order valence-electron chi connectivity index (χ0n) is 9.03. The van der Waals surface area contributed by atoms with Crippen molar-refractivity contribution < 1.29 is 9.90 Å². The summed E-state index contributed by atoms with van der Waals surface area (Å²) in [5.74, 6) is -0.236. The second-order valence-corrected chi connectivity index (χ2v) is 3.43. The molecule has 0 saturated carbocycles. The van der Waals surface area contributed by atoms with Crippen molar-refractivity contribution in [2.24, 2.45) is 0 Å². The van der Waals surface area contributed by atoms with E-state index in [1.165, 1.54) is 0 Å². The van der Waals surface area contributed by atoms with Gasteiger partial charge in [-0.15, -0.1) is 0 Å². The van der Waals surface area contributed by atoms with Gasteiger partial charge in [0.1, 0.15) is 5.69 Å². The molecule has 0 aliphatic carbocycles. The first-order chi connectivity index (χ1) is 7.17. The molecular weight excluding hydrogens is 192 g/mol. The number of aliphatic hydroxyl groups excluding tert-OH is 1. The minimum Gasteiger partial charge on any atom is -0.394 e. The van der Waals surface area contributed by atoms with Crippen LogP contribution in [0.4, 0.5) is 0 Å². The smallest absolute Gasteiger partial charge is 0.270 e. The molecule has 0 aromatic carbocycles. The maximum atomic E-state index is 11.6. The van der Waals surface area contributed by atoms with Crippen molar-refractivity contribution in [2.75, 3.05) is 6.61 Å². The quantitative estimate of drug-likeness (QED) is 0.772. The van der Waals surface area contributed by atoms with E-state index < -0.39 is 0 Å². The number of carbonyl (C=O) groups excluding carboxylic acids is 1. The number of aliphatic hydroxyl groups is 1. The standard InChI is InChI=1S/C11H16N2O2/c1-3-9(7-14)13-11(15)10-6-4-5-8(2)12-10/h4-6,9,14H,3,7H2,1-2H3,(H,13,15)/t9-/m0/s1. The Morgan fingerprint density at radius 3 is 2.87 bits per heavy atom. The summed E-state index contributed by atoms with van der Waals surface area (Å²) in [5, 5.41) is 11.6. The van der Waals surface area contributed by atoms with Gasteiger partial charge in [0.15, 0.2) is 0 Å². The summed E-state index contributed by atoms with van der Waals surface area (Å²) in [4.78, 5) is 15.7. The van der Waals surface area contributed by atoms with Crippen LogP contribution in [0.1, 0.15) is 29.5 Å². The van der Waals surface area contributed by atoms with Crippen LogP contribution in [-0.4, -0.2) is 28.6 Å². The Balaban J connectivity index is 2.68. The lowest BCUT2D eigenvalue weighted by Gasteiger charge is -2.13. The minimum absolute atomic E-state index is 0.0476. The van der Waals surface area contributed by atoms with Crippen molar-refractivity contribution >= 4 is 5.91 Å². The van der Waals surface area contributed by atoms with Crippen LogP contribution in [0.5, 0.6) is 0 Å². The van der Waals surface area contributed by atoms with E-state index in [2.05, 4.69) is 10.3 Å². The zero-order chi connectivity index (χ0) is 11.3. The summed E-state index contributed by atoms with van der Waals surface area (Å²) in [6, 6.07) is 5.09. The summed E-state index contributed by atoms with van der Waals surface area (Å²) in [6.07, 6.45) is 0.702. The van der Waals surface area contributed by atoms with Crippen molar-refractivity contribution in [2.45, 2.75) is 26.3 Å². The third-order valence-corrected chi connectivity index (χ3v) is 2.17. The molecule has 0 aliphatic rings. The molecule has 0 aliphatic heterocycles. The van der Waals surface area contributed by atoms with Crippen molar-refractivity contribution in [1.82, 2.24) is 10.3 Å². The number of hydrogen-bond donors (Lipinski definition) is 2. The number of aryl methyl sites for hydroxylation is 1. The van der Waals surface area contributed by atoms with E-state index in [1.807, 2.05) is 19.9 Å². The van der Waals surface area contributed by atoms with Crippen LogP contribution in [0.15, 0.2) is 18.2 Å². The molecule has 0 unspecified atom stereocenters. The number of carbonyl (C=O) groups is 1. The SMILES string of the molecule is CC[C@@H](CO)NC(=O)c1cccc(C)n1. The number of hydrogen-bond acceptors (Lipinski definition) is 3. The third-order valence-electron chi connectivity index (χ3n) is 2.17. The number of nitrogens with zero attached hydrogens (tertiary/aromatic N) is 1. The van der Waals surface area contributed by atoms with Gasteiger partial charge < -0.3 is 10.4 Å². The molecule has 1 atom stereocenters. The molecule has 0 radical (unpaired) electrons. The number of nitrogens with one attached hydrogen (secondary N) is 1. The Morgan fingerprint density at radius 2 is 2.33 bits per heavy atom. The van der Waals surface area contributed by atoms with Gasteiger partial charge in [0.2, 0.25) is 0 Å². The molecule has 4 heteroatoms. The fourth-order valence-corrected chi connectivity index (χ4v) is 1.21. The van der Waals surface area contributed by atoms with E-state index in [0.717, 1.165) is 5.69 Å². The normalized spacial score (nSPS) is 12.2. The van der Waals surface area contributed by atoms with Crippen LogP contribution < -0.4 is 5.32 Å². The third kappa shape index (κ3) is 3.32. The molecule has 1 rings (SSSR count). The number of rotatable bonds is 4. The molecular formula is C11H16N2O2. The highest BCUT2D eigenvalue weighted by atomic mass is 16.3. The van der Waals surface area contributed by atoms with Gasteiger partial charge in [0.05, 0.1) is 12.6 Å². The highest BCUT2D eigenvalue weighted by Gasteiger charge is 2.11. The summed E-state index contributed by atoms with van der Waals surface area (Å²) in [5.41, 5.74) is 1.20. The van der Waals surface area contributed by atoms with Crippen molar-refractivity contribution in [3.8, 4) is 0 Å². The van der Waals surface area contributed by atoms with Gasteiger partial charge in [-0.3, -0.25) is 4.79 Å². The van der Waals surface area contributed by atoms with E-state index in [1.54, 1.807) is 12.1 Å². The number of pyridine rings is 1. The second kappa shape index (κ2) is 5.46. The van der Waals surface area contributed by atoms with E-state index in [-0.39, 0.29) is 18.6 Å². The van der Waals surface area contributed by atoms with E-state index >= 15 is 0 Å². The Labute approximate surface area is 89.3 Å². The van der Waals surface area contributed by atoms with Crippen LogP contribution in [0.3, 0.4) is 0 Å². The molecule has 1 aromatic rings. The predicted molar refractivity (Wildman–Crippen MR) is 57.6 cm³/mol. The molecule has 1 heterocycles. The Bertz CT molecular complexity index is 335. The van der Waals surface area contributed by atoms with Gasteiger partial charge in [0.25, 0.3) is 5.91 Å². The van der Waals surface area contributed by atoms with E-state index in [9.17, 15) is 4.79 Å². The monoisotopic (exact) mass is 208 g/mol. The molecule has 82 valence electrons. The molecule has 0 fully saturated rings. The average Bonchev–Trinajstić information content (AvgIpc) is 2.25. The first-order valence-corrected chi connectivity index (χ1v) is 5.02. The van der Waals surface area contributed by atoms with Crippen LogP contribution >= 0.6 is 0 Å². The molecule has 0 saturated heterocycles. The lowest BCUT2D eigenvalue weighted by atomic mass is 10.2. The van der Waals surface area contributed by atoms with Gasteiger partial charge in [-0.05, 0) is 25.5 Å². The van der Waals surface area contributed by atoms with Crippen molar-refractivity contribution in [3.05, 3.63) is 29.6 Å². The first-order valence-electron chi connectivity index (χ1n) is 5.02. The van der Waals surface area contributed by atoms with Gasteiger partial charge in [-0.1, -0.05) is 13.0 Å². The maximum absolute atomic E-state index is 11.6. The van der Waals surface area contributed by atoms with Gasteiger partial charge in [-0.25, -0.2) is 4.98 Å². The van der Waals surface area contributed by atoms with Crippen molar-refractivity contribution in [1.29, 1.82) is 0 Å². The van der Waals surface area contributed by atoms with Crippen LogP contribution in [0, 0.1) is 6.92 Å². The lowest BCUT2D eigenvalue weighted by molar-refractivity contribution is 0.0909. The van der Waals surface area contributed by atoms with Crippen molar-refractivity contribution in [3.63, 3.8) is 0 Å². The summed E-state index contributed by atoms with van der Waals surface area (Å²) in [7, 11) is 0. The summed E-state index contributed by atoms with van der Waals surface area (Å²) >= 11 is 0. The van der Waals surface area contributed by atoms with Crippen LogP contribution in [0.25, 0.3) is 0 Å². The molecule has 4 nitrogen and oxygen atoms in total. The Hall–Kier alpha value is -1.42. The molecule has 2 N–H and O–H groups in total. The number of amides is 1. The second-order valence-electron chi connectivity index (χ2n) is 3.43.